The Morgan fingerprint density at radius 1 is 1.44 bits per heavy atom. The first-order valence-electron chi connectivity index (χ1n) is 6.03. The van der Waals surface area contributed by atoms with Gasteiger partial charge in [0.1, 0.15) is 0 Å². The van der Waals surface area contributed by atoms with Crippen molar-refractivity contribution in [1.82, 2.24) is 4.98 Å². The van der Waals surface area contributed by atoms with E-state index in [2.05, 4.69) is 17.1 Å². The minimum Gasteiger partial charge on any atom is -0.286 e. The number of unbranched alkanes of at least 4 members (excludes halogenated alkanes) is 2. The SMILES string of the molecule is N#CCCCCN(N)c1nc2c(s1)CC=CC=C2. The van der Waals surface area contributed by atoms with Crippen molar-refractivity contribution < 1.29 is 0 Å². The number of nitriles is 1. The van der Waals surface area contributed by atoms with Gasteiger partial charge < -0.3 is 0 Å². The van der Waals surface area contributed by atoms with Gasteiger partial charge in [0, 0.05) is 24.3 Å². The van der Waals surface area contributed by atoms with Crippen LogP contribution in [0, 0.1) is 11.3 Å². The van der Waals surface area contributed by atoms with Crippen LogP contribution in [-0.4, -0.2) is 11.5 Å². The first-order chi connectivity index (χ1) is 8.81. The molecule has 1 aliphatic rings. The Kier molecular flexibility index (Phi) is 4.51. The third-order valence-electron chi connectivity index (χ3n) is 2.70. The largest absolute Gasteiger partial charge is 0.286 e. The first-order valence-corrected chi connectivity index (χ1v) is 6.85. The van der Waals surface area contributed by atoms with E-state index in [0.29, 0.717) is 6.42 Å². The highest BCUT2D eigenvalue weighted by atomic mass is 32.1. The van der Waals surface area contributed by atoms with Gasteiger partial charge in [-0.1, -0.05) is 29.6 Å². The molecule has 0 aliphatic heterocycles. The van der Waals surface area contributed by atoms with Crippen LogP contribution >= 0.6 is 11.3 Å². The quantitative estimate of drug-likeness (QED) is 0.502. The maximum atomic E-state index is 8.47. The summed E-state index contributed by atoms with van der Waals surface area (Å²) >= 11 is 1.64. The summed E-state index contributed by atoms with van der Waals surface area (Å²) in [6, 6.07) is 2.14. The number of hydrogen-bond donors (Lipinski definition) is 1. The van der Waals surface area contributed by atoms with E-state index in [4.69, 9.17) is 11.1 Å². The maximum absolute atomic E-state index is 8.47. The number of allylic oxidation sites excluding steroid dienone is 3. The minimum absolute atomic E-state index is 0.593. The van der Waals surface area contributed by atoms with Crippen LogP contribution in [0.2, 0.25) is 0 Å². The van der Waals surface area contributed by atoms with Crippen molar-refractivity contribution in [2.45, 2.75) is 25.7 Å². The molecule has 18 heavy (non-hydrogen) atoms. The average Bonchev–Trinajstić information content (AvgIpc) is 2.66. The second-order valence-corrected chi connectivity index (χ2v) is 5.17. The van der Waals surface area contributed by atoms with E-state index in [1.54, 1.807) is 16.3 Å². The van der Waals surface area contributed by atoms with E-state index in [1.165, 1.54) is 4.88 Å². The van der Waals surface area contributed by atoms with Crippen molar-refractivity contribution >= 4 is 22.5 Å². The molecule has 94 valence electrons. The maximum Gasteiger partial charge on any atom is 0.200 e. The number of fused-ring (bicyclic) bond motifs is 1. The zero-order valence-electron chi connectivity index (χ0n) is 10.2. The average molecular weight is 260 g/mol. The van der Waals surface area contributed by atoms with Crippen LogP contribution in [0.15, 0.2) is 18.2 Å². The molecule has 0 spiro atoms. The van der Waals surface area contributed by atoms with Crippen LogP contribution in [0.3, 0.4) is 0 Å². The number of nitrogens with two attached hydrogens (primary N) is 1. The summed E-state index contributed by atoms with van der Waals surface area (Å²) in [5, 5.41) is 11.0. The molecule has 0 bridgehead atoms. The number of anilines is 1. The Balaban J connectivity index is 1.95. The van der Waals surface area contributed by atoms with Crippen molar-refractivity contribution in [2.75, 3.05) is 11.6 Å². The van der Waals surface area contributed by atoms with Crippen molar-refractivity contribution in [3.63, 3.8) is 0 Å². The van der Waals surface area contributed by atoms with Gasteiger partial charge in [-0.3, -0.25) is 5.01 Å². The van der Waals surface area contributed by atoms with Crippen LogP contribution in [0.1, 0.15) is 29.8 Å². The van der Waals surface area contributed by atoms with Crippen molar-refractivity contribution in [1.29, 1.82) is 5.26 Å². The third-order valence-corrected chi connectivity index (χ3v) is 3.83. The molecule has 0 saturated heterocycles. The third kappa shape index (κ3) is 3.19. The number of thiazole rings is 1. The summed E-state index contributed by atoms with van der Waals surface area (Å²) in [6.45, 7) is 0.744. The normalized spacial score (nSPS) is 12.9. The van der Waals surface area contributed by atoms with Crippen LogP contribution < -0.4 is 10.9 Å². The zero-order valence-corrected chi connectivity index (χ0v) is 11.0. The molecular weight excluding hydrogens is 244 g/mol. The van der Waals surface area contributed by atoms with Crippen molar-refractivity contribution in [3.8, 4) is 6.07 Å². The lowest BCUT2D eigenvalue weighted by atomic mass is 10.2. The van der Waals surface area contributed by atoms with E-state index < -0.39 is 0 Å². The number of aromatic nitrogens is 1. The molecule has 1 aliphatic carbocycles. The van der Waals surface area contributed by atoms with Gasteiger partial charge in [0.15, 0.2) is 5.13 Å². The lowest BCUT2D eigenvalue weighted by Crippen LogP contribution is -2.31. The Bertz CT molecular complexity index is 496. The molecule has 0 fully saturated rings. The molecule has 5 heteroatoms. The molecule has 0 saturated carbocycles. The Labute approximate surface area is 111 Å². The van der Waals surface area contributed by atoms with E-state index in [9.17, 15) is 0 Å². The summed E-state index contributed by atoms with van der Waals surface area (Å²) < 4.78 is 0. The second kappa shape index (κ2) is 6.34. The molecule has 0 aromatic carbocycles. The highest BCUT2D eigenvalue weighted by Gasteiger charge is 2.12. The summed E-state index contributed by atoms with van der Waals surface area (Å²) in [5.41, 5.74) is 1.02. The lowest BCUT2D eigenvalue weighted by molar-refractivity contribution is 0.710. The summed E-state index contributed by atoms with van der Waals surface area (Å²) in [4.78, 5) is 5.79. The van der Waals surface area contributed by atoms with Gasteiger partial charge in [0.05, 0.1) is 11.8 Å². The number of hydrogen-bond acceptors (Lipinski definition) is 5. The van der Waals surface area contributed by atoms with Crippen LogP contribution in [0.5, 0.6) is 0 Å². The first kappa shape index (κ1) is 12.8. The van der Waals surface area contributed by atoms with Crippen molar-refractivity contribution in [2.24, 2.45) is 5.84 Å². The fourth-order valence-corrected chi connectivity index (χ4v) is 2.70. The molecule has 1 aromatic heterocycles. The molecule has 0 unspecified atom stereocenters. The predicted molar refractivity (Wildman–Crippen MR) is 75.0 cm³/mol. The van der Waals surface area contributed by atoms with Crippen LogP contribution in [-0.2, 0) is 6.42 Å². The van der Waals surface area contributed by atoms with Crippen LogP contribution in [0.4, 0.5) is 5.13 Å². The minimum atomic E-state index is 0.593. The Hall–Kier alpha value is -1.64. The number of nitrogens with zero attached hydrogens (tertiary/aromatic N) is 3. The van der Waals surface area contributed by atoms with Gasteiger partial charge in [-0.15, -0.1) is 0 Å². The molecule has 0 atom stereocenters. The van der Waals surface area contributed by atoms with Gasteiger partial charge in [0.2, 0.25) is 0 Å². The highest BCUT2D eigenvalue weighted by molar-refractivity contribution is 7.15. The van der Waals surface area contributed by atoms with Crippen LogP contribution in [0.25, 0.3) is 6.08 Å². The molecule has 0 radical (unpaired) electrons. The van der Waals surface area contributed by atoms with E-state index in [-0.39, 0.29) is 0 Å². The molecule has 4 nitrogen and oxygen atoms in total. The van der Waals surface area contributed by atoms with Gasteiger partial charge >= 0.3 is 0 Å². The van der Waals surface area contributed by atoms with Gasteiger partial charge in [0.25, 0.3) is 0 Å². The standard InChI is InChI=1S/C13H16N4S/c14-9-5-2-6-10-17(15)13-16-11-7-3-1-4-8-12(11)18-13/h1,3-4,7H,2,5-6,8,10,15H2. The Morgan fingerprint density at radius 2 is 2.33 bits per heavy atom. The van der Waals surface area contributed by atoms with E-state index >= 15 is 0 Å². The monoisotopic (exact) mass is 260 g/mol. The lowest BCUT2D eigenvalue weighted by Gasteiger charge is -2.14. The molecule has 1 heterocycles. The number of rotatable bonds is 5. The second-order valence-electron chi connectivity index (χ2n) is 4.10. The molecule has 2 N–H and O–H groups in total. The smallest absolute Gasteiger partial charge is 0.200 e. The topological polar surface area (TPSA) is 65.9 Å². The van der Waals surface area contributed by atoms with Gasteiger partial charge in [-0.25, -0.2) is 10.8 Å². The van der Waals surface area contributed by atoms with Crippen molar-refractivity contribution in [3.05, 3.63) is 28.8 Å². The molecule has 2 rings (SSSR count). The summed E-state index contributed by atoms with van der Waals surface area (Å²) in [6.07, 6.45) is 11.5. The highest BCUT2D eigenvalue weighted by Crippen LogP contribution is 2.28. The van der Waals surface area contributed by atoms with Gasteiger partial charge in [-0.2, -0.15) is 5.26 Å². The predicted octanol–water partition coefficient (Wildman–Crippen LogP) is 2.64. The molecule has 1 aromatic rings. The fraction of sp³-hybridized carbons (Fsp3) is 0.385. The molecule has 0 amide bonds. The Morgan fingerprint density at radius 3 is 3.17 bits per heavy atom. The fourth-order valence-electron chi connectivity index (χ4n) is 1.73. The summed E-state index contributed by atoms with van der Waals surface area (Å²) in [7, 11) is 0. The van der Waals surface area contributed by atoms with E-state index in [1.807, 2.05) is 18.2 Å². The number of hydrazine groups is 1. The van der Waals surface area contributed by atoms with Gasteiger partial charge in [-0.05, 0) is 18.9 Å². The van der Waals surface area contributed by atoms with E-state index in [0.717, 1.165) is 36.6 Å². The zero-order chi connectivity index (χ0) is 12.8. The summed E-state index contributed by atoms with van der Waals surface area (Å²) in [5.74, 6) is 5.98. The molecular formula is C13H16N4S.